The smallest absolute Gasteiger partial charge is 0.0636 e. The molecule has 0 saturated carbocycles. The number of rotatable bonds is 6. The highest BCUT2D eigenvalue weighted by molar-refractivity contribution is 5.26. The van der Waals surface area contributed by atoms with Gasteiger partial charge in [0.25, 0.3) is 0 Å². The molecule has 0 amide bonds. The molecular formula is C18H23NO. The summed E-state index contributed by atoms with van der Waals surface area (Å²) in [7, 11) is 0. The molecule has 0 aliphatic rings. The van der Waals surface area contributed by atoms with Crippen molar-refractivity contribution in [3.8, 4) is 0 Å². The Morgan fingerprint density at radius 1 is 1.00 bits per heavy atom. The van der Waals surface area contributed by atoms with Crippen LogP contribution < -0.4 is 5.32 Å². The van der Waals surface area contributed by atoms with Crippen LogP contribution in [0, 0.1) is 6.92 Å². The molecule has 106 valence electrons. The van der Waals surface area contributed by atoms with Crippen LogP contribution in [0.15, 0.2) is 54.6 Å². The first-order valence-corrected chi connectivity index (χ1v) is 7.17. The topological polar surface area (TPSA) is 32.3 Å². The maximum absolute atomic E-state index is 9.50. The van der Waals surface area contributed by atoms with Crippen LogP contribution in [0.3, 0.4) is 0 Å². The lowest BCUT2D eigenvalue weighted by Crippen LogP contribution is -2.30. The fourth-order valence-corrected chi connectivity index (χ4v) is 2.27. The van der Waals surface area contributed by atoms with Crippen LogP contribution >= 0.6 is 0 Å². The van der Waals surface area contributed by atoms with Gasteiger partial charge in [-0.2, -0.15) is 0 Å². The Morgan fingerprint density at radius 3 is 2.25 bits per heavy atom. The van der Waals surface area contributed by atoms with Crippen molar-refractivity contribution in [2.45, 2.75) is 32.4 Å². The van der Waals surface area contributed by atoms with Gasteiger partial charge in [0.15, 0.2) is 0 Å². The van der Waals surface area contributed by atoms with E-state index in [1.165, 1.54) is 16.7 Å². The van der Waals surface area contributed by atoms with E-state index in [0.717, 1.165) is 6.42 Å². The van der Waals surface area contributed by atoms with Crippen molar-refractivity contribution in [1.29, 1.82) is 0 Å². The largest absolute Gasteiger partial charge is 0.392 e. The van der Waals surface area contributed by atoms with E-state index < -0.39 is 0 Å². The molecule has 2 heteroatoms. The molecule has 0 aliphatic heterocycles. The predicted octanol–water partition coefficient (Wildman–Crippen LogP) is 3.25. The van der Waals surface area contributed by atoms with Gasteiger partial charge in [0, 0.05) is 12.6 Å². The van der Waals surface area contributed by atoms with E-state index in [1.54, 1.807) is 0 Å². The molecule has 2 N–H and O–H groups in total. The van der Waals surface area contributed by atoms with Crippen LogP contribution in [0.5, 0.6) is 0 Å². The van der Waals surface area contributed by atoms with Crippen LogP contribution in [-0.2, 0) is 6.42 Å². The second-order valence-electron chi connectivity index (χ2n) is 5.41. The Hall–Kier alpha value is -1.64. The van der Waals surface area contributed by atoms with E-state index in [-0.39, 0.29) is 12.1 Å². The minimum Gasteiger partial charge on any atom is -0.392 e. The summed E-state index contributed by atoms with van der Waals surface area (Å²) in [6, 6.07) is 19.3. The molecule has 0 saturated heterocycles. The van der Waals surface area contributed by atoms with Gasteiger partial charge < -0.3 is 10.4 Å². The average molecular weight is 269 g/mol. The third kappa shape index (κ3) is 4.48. The quantitative estimate of drug-likeness (QED) is 0.843. The van der Waals surface area contributed by atoms with Gasteiger partial charge in [-0.25, -0.2) is 0 Å². The van der Waals surface area contributed by atoms with Gasteiger partial charge >= 0.3 is 0 Å². The molecule has 2 rings (SSSR count). The zero-order valence-corrected chi connectivity index (χ0v) is 12.2. The third-order valence-electron chi connectivity index (χ3n) is 3.42. The zero-order valence-electron chi connectivity index (χ0n) is 12.2. The Bertz CT molecular complexity index is 505. The van der Waals surface area contributed by atoms with E-state index in [9.17, 15) is 5.11 Å². The van der Waals surface area contributed by atoms with Gasteiger partial charge in [-0.15, -0.1) is 0 Å². The molecule has 0 aliphatic carbocycles. The Labute approximate surface area is 121 Å². The normalized spacial score (nSPS) is 13.9. The zero-order chi connectivity index (χ0) is 14.4. The molecule has 0 spiro atoms. The predicted molar refractivity (Wildman–Crippen MR) is 83.7 cm³/mol. The standard InChI is InChI=1S/C18H23NO/c1-14-8-10-17(11-9-14)18(19-13-15(2)20)12-16-6-4-3-5-7-16/h3-11,15,18-20H,12-13H2,1-2H3/t15-,18-/m1/s1. The van der Waals surface area contributed by atoms with Crippen molar-refractivity contribution in [1.82, 2.24) is 5.32 Å². The number of aliphatic hydroxyl groups excluding tert-OH is 1. The highest BCUT2D eigenvalue weighted by Gasteiger charge is 2.12. The maximum atomic E-state index is 9.50. The van der Waals surface area contributed by atoms with Crippen LogP contribution in [0.25, 0.3) is 0 Å². The molecule has 0 aromatic heterocycles. The molecule has 2 aromatic rings. The molecule has 0 heterocycles. The lowest BCUT2D eigenvalue weighted by atomic mass is 9.98. The summed E-state index contributed by atoms with van der Waals surface area (Å²) in [4.78, 5) is 0. The third-order valence-corrected chi connectivity index (χ3v) is 3.42. The molecule has 2 nitrogen and oxygen atoms in total. The van der Waals surface area contributed by atoms with Crippen molar-refractivity contribution >= 4 is 0 Å². The second-order valence-corrected chi connectivity index (χ2v) is 5.41. The van der Waals surface area contributed by atoms with Crippen LogP contribution in [0.4, 0.5) is 0 Å². The highest BCUT2D eigenvalue weighted by atomic mass is 16.3. The molecule has 0 radical (unpaired) electrons. The van der Waals surface area contributed by atoms with E-state index in [2.05, 4.69) is 60.8 Å². The summed E-state index contributed by atoms with van der Waals surface area (Å²) in [5, 5.41) is 12.9. The first-order valence-electron chi connectivity index (χ1n) is 7.17. The lowest BCUT2D eigenvalue weighted by molar-refractivity contribution is 0.186. The number of aryl methyl sites for hydroxylation is 1. The molecule has 2 atom stereocenters. The van der Waals surface area contributed by atoms with Crippen molar-refractivity contribution in [3.63, 3.8) is 0 Å². The highest BCUT2D eigenvalue weighted by Crippen LogP contribution is 2.19. The van der Waals surface area contributed by atoms with Gasteiger partial charge in [0.05, 0.1) is 6.10 Å². The minimum atomic E-state index is -0.335. The van der Waals surface area contributed by atoms with Gasteiger partial charge in [-0.1, -0.05) is 60.2 Å². The number of hydrogen-bond acceptors (Lipinski definition) is 2. The maximum Gasteiger partial charge on any atom is 0.0636 e. The summed E-state index contributed by atoms with van der Waals surface area (Å²) in [6.45, 7) is 4.51. The molecular weight excluding hydrogens is 246 g/mol. The van der Waals surface area contributed by atoms with Gasteiger partial charge in [0.2, 0.25) is 0 Å². The Morgan fingerprint density at radius 2 is 1.65 bits per heavy atom. The second kappa shape index (κ2) is 7.22. The van der Waals surface area contributed by atoms with E-state index in [1.807, 2.05) is 13.0 Å². The monoisotopic (exact) mass is 269 g/mol. The first kappa shape index (κ1) is 14.8. The van der Waals surface area contributed by atoms with Crippen molar-refractivity contribution < 1.29 is 5.11 Å². The molecule has 0 fully saturated rings. The van der Waals surface area contributed by atoms with E-state index in [4.69, 9.17) is 0 Å². The fourth-order valence-electron chi connectivity index (χ4n) is 2.27. The number of nitrogens with one attached hydrogen (secondary N) is 1. The Balaban J connectivity index is 2.13. The minimum absolute atomic E-state index is 0.229. The molecule has 20 heavy (non-hydrogen) atoms. The van der Waals surface area contributed by atoms with Crippen LogP contribution in [0.1, 0.15) is 29.7 Å². The van der Waals surface area contributed by atoms with Gasteiger partial charge in [0.1, 0.15) is 0 Å². The van der Waals surface area contributed by atoms with Gasteiger partial charge in [-0.05, 0) is 31.4 Å². The van der Waals surface area contributed by atoms with Gasteiger partial charge in [-0.3, -0.25) is 0 Å². The molecule has 0 bridgehead atoms. The number of aliphatic hydroxyl groups is 1. The van der Waals surface area contributed by atoms with E-state index in [0.29, 0.717) is 6.54 Å². The van der Waals surface area contributed by atoms with Crippen molar-refractivity contribution in [2.24, 2.45) is 0 Å². The van der Waals surface area contributed by atoms with Crippen LogP contribution in [-0.4, -0.2) is 17.8 Å². The summed E-state index contributed by atoms with van der Waals surface area (Å²) in [6.07, 6.45) is 0.593. The molecule has 2 aromatic carbocycles. The Kier molecular flexibility index (Phi) is 5.33. The number of hydrogen-bond donors (Lipinski definition) is 2. The fraction of sp³-hybridized carbons (Fsp3) is 0.333. The summed E-state index contributed by atoms with van der Waals surface area (Å²) in [5.74, 6) is 0. The van der Waals surface area contributed by atoms with Crippen molar-refractivity contribution in [3.05, 3.63) is 71.3 Å². The summed E-state index contributed by atoms with van der Waals surface area (Å²) in [5.41, 5.74) is 3.83. The summed E-state index contributed by atoms with van der Waals surface area (Å²) >= 11 is 0. The number of benzene rings is 2. The summed E-state index contributed by atoms with van der Waals surface area (Å²) < 4.78 is 0. The van der Waals surface area contributed by atoms with E-state index >= 15 is 0 Å². The average Bonchev–Trinajstić information content (AvgIpc) is 2.45. The van der Waals surface area contributed by atoms with Crippen LogP contribution in [0.2, 0.25) is 0 Å². The van der Waals surface area contributed by atoms with Crippen molar-refractivity contribution in [2.75, 3.05) is 6.54 Å². The molecule has 0 unspecified atom stereocenters. The first-order chi connectivity index (χ1) is 9.65. The lowest BCUT2D eigenvalue weighted by Gasteiger charge is -2.20. The SMILES string of the molecule is Cc1ccc([C@@H](Cc2ccccc2)NC[C@@H](C)O)cc1.